The van der Waals surface area contributed by atoms with Crippen LogP contribution in [-0.2, 0) is 4.79 Å². The average Bonchev–Trinajstić information content (AvgIpc) is 3.17. The second-order valence-electron chi connectivity index (χ2n) is 7.91. The number of anilines is 1. The molecule has 4 nitrogen and oxygen atoms in total. The molecule has 3 aromatic rings. The summed E-state index contributed by atoms with van der Waals surface area (Å²) >= 11 is 1.30. The van der Waals surface area contributed by atoms with Gasteiger partial charge in [0.1, 0.15) is 5.69 Å². The van der Waals surface area contributed by atoms with Crippen LogP contribution in [0.1, 0.15) is 64.8 Å². The molecule has 0 saturated heterocycles. The molecule has 3 aliphatic carbocycles. The maximum absolute atomic E-state index is 13.4. The number of rotatable bonds is 3. The number of carbonyl (C=O) groups excluding carboxylic acids is 2. The molecule has 0 spiro atoms. The highest BCUT2D eigenvalue weighted by Crippen LogP contribution is 2.61. The van der Waals surface area contributed by atoms with Gasteiger partial charge in [-0.05, 0) is 35.6 Å². The predicted octanol–water partition coefficient (Wildman–Crippen LogP) is 4.97. The molecule has 5 heteroatoms. The van der Waals surface area contributed by atoms with E-state index in [1.165, 1.54) is 40.5 Å². The van der Waals surface area contributed by atoms with E-state index in [2.05, 4.69) is 65.8 Å². The van der Waals surface area contributed by atoms with Crippen LogP contribution in [0.2, 0.25) is 0 Å². The summed E-state index contributed by atoms with van der Waals surface area (Å²) in [5.41, 5.74) is 4.99. The maximum Gasteiger partial charge on any atom is 0.233 e. The van der Waals surface area contributed by atoms with Crippen LogP contribution in [0.25, 0.3) is 0 Å². The molecule has 1 heterocycles. The van der Waals surface area contributed by atoms with Gasteiger partial charge in [0, 0.05) is 24.1 Å². The summed E-state index contributed by atoms with van der Waals surface area (Å²) < 4.78 is 0. The van der Waals surface area contributed by atoms with Gasteiger partial charge in [-0.15, -0.1) is 11.3 Å². The smallest absolute Gasteiger partial charge is 0.233 e. The fraction of sp³-hybridized carbons (Fsp3) is 0.261. The molecule has 1 aromatic heterocycles. The number of nitrogens with one attached hydrogen (secondary N) is 1. The number of benzene rings is 2. The predicted molar refractivity (Wildman–Crippen MR) is 110 cm³/mol. The van der Waals surface area contributed by atoms with Crippen molar-refractivity contribution in [3.63, 3.8) is 0 Å². The van der Waals surface area contributed by atoms with E-state index in [1.807, 2.05) is 0 Å². The van der Waals surface area contributed by atoms with Gasteiger partial charge >= 0.3 is 0 Å². The fourth-order valence-corrected chi connectivity index (χ4v) is 5.67. The molecule has 1 unspecified atom stereocenters. The molecule has 2 aromatic carbocycles. The molecule has 0 saturated carbocycles. The lowest BCUT2D eigenvalue weighted by atomic mass is 9.52. The second kappa shape index (κ2) is 6.11. The van der Waals surface area contributed by atoms with Crippen molar-refractivity contribution in [3.05, 3.63) is 81.9 Å². The van der Waals surface area contributed by atoms with Gasteiger partial charge in [-0.3, -0.25) is 9.59 Å². The molecule has 1 amide bonds. The first-order valence-electron chi connectivity index (χ1n) is 9.44. The highest BCUT2D eigenvalue weighted by molar-refractivity contribution is 7.14. The lowest BCUT2D eigenvalue weighted by Gasteiger charge is -2.50. The van der Waals surface area contributed by atoms with E-state index in [4.69, 9.17) is 0 Å². The lowest BCUT2D eigenvalue weighted by Crippen LogP contribution is -2.47. The number of thiazole rings is 1. The number of Topliss-reactive ketones (excluding diaryl/α,β-unsaturated/α-hetero) is 1. The minimum atomic E-state index is -0.574. The minimum absolute atomic E-state index is 0.0112. The normalized spacial score (nSPS) is 24.4. The Hall–Kier alpha value is -2.79. The van der Waals surface area contributed by atoms with Crippen LogP contribution in [0.3, 0.4) is 0 Å². The Morgan fingerprint density at radius 2 is 1.61 bits per heavy atom. The Morgan fingerprint density at radius 3 is 2.14 bits per heavy atom. The first-order valence-corrected chi connectivity index (χ1v) is 10.3. The highest BCUT2D eigenvalue weighted by atomic mass is 32.1. The van der Waals surface area contributed by atoms with Crippen molar-refractivity contribution in [3.8, 4) is 0 Å². The van der Waals surface area contributed by atoms with Gasteiger partial charge in [0.25, 0.3) is 0 Å². The van der Waals surface area contributed by atoms with Crippen LogP contribution in [0, 0.1) is 5.41 Å². The highest BCUT2D eigenvalue weighted by Gasteiger charge is 2.53. The number of fused-ring (bicyclic) bond motifs is 1. The second-order valence-corrected chi connectivity index (χ2v) is 8.77. The van der Waals surface area contributed by atoms with Crippen molar-refractivity contribution in [2.45, 2.75) is 32.1 Å². The molecule has 3 aliphatic rings. The maximum atomic E-state index is 13.4. The van der Waals surface area contributed by atoms with Gasteiger partial charge in [-0.2, -0.15) is 0 Å². The topological polar surface area (TPSA) is 59.1 Å². The summed E-state index contributed by atoms with van der Waals surface area (Å²) in [6.07, 6.45) is 0.766. The molecule has 140 valence electrons. The van der Waals surface area contributed by atoms with Gasteiger partial charge in [0.2, 0.25) is 5.91 Å². The Morgan fingerprint density at radius 1 is 1.04 bits per heavy atom. The Labute approximate surface area is 167 Å². The van der Waals surface area contributed by atoms with E-state index < -0.39 is 5.41 Å². The van der Waals surface area contributed by atoms with Crippen LogP contribution in [0.5, 0.6) is 0 Å². The number of amides is 1. The van der Waals surface area contributed by atoms with E-state index in [0.29, 0.717) is 10.8 Å². The Bertz CT molecular complexity index is 1070. The fourth-order valence-electron chi connectivity index (χ4n) is 4.92. The van der Waals surface area contributed by atoms with Crippen molar-refractivity contribution in [1.82, 2.24) is 4.98 Å². The minimum Gasteiger partial charge on any atom is -0.301 e. The summed E-state index contributed by atoms with van der Waals surface area (Å²) in [7, 11) is 0. The van der Waals surface area contributed by atoms with Crippen molar-refractivity contribution < 1.29 is 9.59 Å². The third kappa shape index (κ3) is 2.39. The summed E-state index contributed by atoms with van der Waals surface area (Å²) in [5, 5.41) is 5.17. The Kier molecular flexibility index (Phi) is 3.78. The van der Waals surface area contributed by atoms with Crippen LogP contribution in [-0.4, -0.2) is 16.7 Å². The van der Waals surface area contributed by atoms with Crippen molar-refractivity contribution in [1.29, 1.82) is 0 Å². The molecule has 2 bridgehead atoms. The van der Waals surface area contributed by atoms with Crippen molar-refractivity contribution in [2.24, 2.45) is 5.41 Å². The molecule has 1 atom stereocenters. The summed E-state index contributed by atoms with van der Waals surface area (Å²) in [4.78, 5) is 29.2. The monoisotopic (exact) mass is 388 g/mol. The SMILES string of the molecule is CC(=O)c1csc(NC(=O)C2(C)CC3c4ccccc4C2c2ccccc23)n1. The number of ketones is 1. The quantitative estimate of drug-likeness (QED) is 0.644. The van der Waals surface area contributed by atoms with E-state index in [-0.39, 0.29) is 23.5 Å². The zero-order chi connectivity index (χ0) is 19.5. The standard InChI is InChI=1S/C23H20N2O2S/c1-13(26)19-12-28-22(24-19)25-21(27)23(2)11-18-14-7-3-5-9-16(14)20(23)17-10-6-4-8-15(17)18/h3-10,12,18,20H,11H2,1-2H3,(H,24,25,27). The van der Waals surface area contributed by atoms with Gasteiger partial charge < -0.3 is 5.32 Å². The van der Waals surface area contributed by atoms with E-state index in [9.17, 15) is 9.59 Å². The largest absolute Gasteiger partial charge is 0.301 e. The molecule has 6 rings (SSSR count). The summed E-state index contributed by atoms with van der Waals surface area (Å²) in [5.74, 6) is 0.105. The van der Waals surface area contributed by atoms with Crippen molar-refractivity contribution >= 4 is 28.2 Å². The van der Waals surface area contributed by atoms with Gasteiger partial charge in [0.15, 0.2) is 10.9 Å². The first-order chi connectivity index (χ1) is 13.5. The molecule has 1 N–H and O–H groups in total. The van der Waals surface area contributed by atoms with Crippen molar-refractivity contribution in [2.75, 3.05) is 5.32 Å². The van der Waals surface area contributed by atoms with Crippen LogP contribution in [0.4, 0.5) is 5.13 Å². The molecule has 0 radical (unpaired) electrons. The zero-order valence-electron chi connectivity index (χ0n) is 15.7. The third-order valence-corrected chi connectivity index (χ3v) is 6.99. The summed E-state index contributed by atoms with van der Waals surface area (Å²) in [6, 6.07) is 17.0. The number of hydrogen-bond donors (Lipinski definition) is 1. The van der Waals surface area contributed by atoms with Crippen LogP contribution < -0.4 is 5.32 Å². The van der Waals surface area contributed by atoms with Gasteiger partial charge in [-0.1, -0.05) is 48.5 Å². The Balaban J connectivity index is 1.57. The molecule has 28 heavy (non-hydrogen) atoms. The number of hydrogen-bond acceptors (Lipinski definition) is 4. The third-order valence-electron chi connectivity index (χ3n) is 6.23. The first kappa shape index (κ1) is 17.3. The number of aromatic nitrogens is 1. The van der Waals surface area contributed by atoms with E-state index in [1.54, 1.807) is 5.38 Å². The van der Waals surface area contributed by atoms with Gasteiger partial charge in [0.05, 0.1) is 5.41 Å². The van der Waals surface area contributed by atoms with Crippen LogP contribution >= 0.6 is 11.3 Å². The van der Waals surface area contributed by atoms with E-state index in [0.717, 1.165) is 6.42 Å². The number of nitrogens with zero attached hydrogens (tertiary/aromatic N) is 1. The lowest BCUT2D eigenvalue weighted by molar-refractivity contribution is -0.126. The summed E-state index contributed by atoms with van der Waals surface area (Å²) in [6.45, 7) is 3.54. The van der Waals surface area contributed by atoms with Crippen LogP contribution in [0.15, 0.2) is 53.9 Å². The molecular weight excluding hydrogens is 368 g/mol. The van der Waals surface area contributed by atoms with E-state index >= 15 is 0 Å². The van der Waals surface area contributed by atoms with Gasteiger partial charge in [-0.25, -0.2) is 4.98 Å². The number of carbonyl (C=O) groups is 2. The molecule has 0 aliphatic heterocycles. The molecule has 0 fully saturated rings. The average molecular weight is 388 g/mol. The molecular formula is C23H20N2O2S. The zero-order valence-corrected chi connectivity index (χ0v) is 16.5.